The maximum absolute atomic E-state index is 15.7. The summed E-state index contributed by atoms with van der Waals surface area (Å²) in [6, 6.07) is 41.0. The summed E-state index contributed by atoms with van der Waals surface area (Å²) in [4.78, 5) is 32.8. The molecule has 4 atom stereocenters. The van der Waals surface area contributed by atoms with Crippen LogP contribution in [0.1, 0.15) is 34.1 Å². The molecule has 0 spiro atoms. The SMILES string of the molecule is COCCN1CC(NC(=O)Nc2c(C)c(-c3cccc(-c4cc(F)ccc4C4CN(CCOC)CC4NC(=O)Nc4c(C)c(-c5ccccc5)nn4-c4ccccc4)c3)nn2-c2ccccc2)C(c2cc(F)c(F)c(F)c2)C1. The number of aromatic nitrogens is 4. The van der Waals surface area contributed by atoms with Crippen molar-refractivity contribution in [3.63, 3.8) is 0 Å². The van der Waals surface area contributed by atoms with E-state index in [0.29, 0.717) is 97.8 Å². The summed E-state index contributed by atoms with van der Waals surface area (Å²) >= 11 is 0. The van der Waals surface area contributed by atoms with Crippen LogP contribution < -0.4 is 21.3 Å². The Morgan fingerprint density at radius 2 is 1.03 bits per heavy atom. The average Bonchev–Trinajstić information content (AvgIpc) is 4.30. The van der Waals surface area contributed by atoms with Crippen LogP contribution in [-0.2, 0) is 9.47 Å². The van der Waals surface area contributed by atoms with Gasteiger partial charge in [-0.05, 0) is 90.7 Å². The van der Waals surface area contributed by atoms with Gasteiger partial charge < -0.3 is 20.1 Å². The summed E-state index contributed by atoms with van der Waals surface area (Å²) < 4.78 is 73.0. The zero-order chi connectivity index (χ0) is 54.5. The molecule has 0 saturated carbocycles. The van der Waals surface area contributed by atoms with Gasteiger partial charge in [0.25, 0.3) is 0 Å². The molecule has 78 heavy (non-hydrogen) atoms. The highest BCUT2D eigenvalue weighted by molar-refractivity contribution is 5.92. The molecule has 2 fully saturated rings. The molecule has 0 radical (unpaired) electrons. The number of carbonyl (C=O) groups excluding carboxylic acids is 2. The molecule has 2 aliphatic heterocycles. The highest BCUT2D eigenvalue weighted by Crippen LogP contribution is 2.39. The van der Waals surface area contributed by atoms with Crippen LogP contribution in [0.4, 0.5) is 38.8 Å². The molecule has 18 heteroatoms. The smallest absolute Gasteiger partial charge is 0.320 e. The minimum Gasteiger partial charge on any atom is -0.383 e. The van der Waals surface area contributed by atoms with Crippen molar-refractivity contribution in [2.24, 2.45) is 0 Å². The molecular weight excluding hydrogens is 1000 g/mol. The fourth-order valence-electron chi connectivity index (χ4n) is 10.8. The maximum Gasteiger partial charge on any atom is 0.320 e. The third kappa shape index (κ3) is 11.4. The number of benzene rings is 6. The Hall–Kier alpha value is -8.16. The summed E-state index contributed by atoms with van der Waals surface area (Å²) in [5, 5.41) is 22.5. The molecule has 2 aromatic heterocycles. The second-order valence-corrected chi connectivity index (χ2v) is 19.7. The fourth-order valence-corrected chi connectivity index (χ4v) is 10.8. The van der Waals surface area contributed by atoms with Crippen LogP contribution in [0.2, 0.25) is 0 Å². The van der Waals surface area contributed by atoms with E-state index in [2.05, 4.69) is 26.2 Å². The molecule has 8 aromatic rings. The molecule has 4 unspecified atom stereocenters. The van der Waals surface area contributed by atoms with E-state index in [-0.39, 0.29) is 11.5 Å². The van der Waals surface area contributed by atoms with E-state index in [1.165, 1.54) is 12.1 Å². The molecule has 4 heterocycles. The summed E-state index contributed by atoms with van der Waals surface area (Å²) in [6.45, 7) is 7.49. The highest BCUT2D eigenvalue weighted by atomic mass is 19.2. The van der Waals surface area contributed by atoms with E-state index < -0.39 is 53.3 Å². The summed E-state index contributed by atoms with van der Waals surface area (Å²) in [7, 11) is 3.22. The van der Waals surface area contributed by atoms with E-state index in [1.807, 2.05) is 134 Å². The van der Waals surface area contributed by atoms with Crippen molar-refractivity contribution in [2.75, 3.05) is 77.3 Å². The third-order valence-electron chi connectivity index (χ3n) is 14.7. The number of anilines is 2. The van der Waals surface area contributed by atoms with E-state index in [0.717, 1.165) is 40.2 Å². The van der Waals surface area contributed by atoms with Crippen molar-refractivity contribution in [1.29, 1.82) is 0 Å². The van der Waals surface area contributed by atoms with Crippen molar-refractivity contribution < 1.29 is 36.6 Å². The van der Waals surface area contributed by atoms with Crippen LogP contribution in [0.5, 0.6) is 0 Å². The second-order valence-electron chi connectivity index (χ2n) is 19.7. The number of nitrogens with zero attached hydrogens (tertiary/aromatic N) is 6. The zero-order valence-corrected chi connectivity index (χ0v) is 43.7. The molecule has 10 rings (SSSR count). The maximum atomic E-state index is 15.7. The van der Waals surface area contributed by atoms with E-state index in [9.17, 15) is 22.8 Å². The molecule has 6 aromatic carbocycles. The van der Waals surface area contributed by atoms with Crippen molar-refractivity contribution in [1.82, 2.24) is 40.0 Å². The Balaban J connectivity index is 0.946. The van der Waals surface area contributed by atoms with Crippen molar-refractivity contribution >= 4 is 23.7 Å². The molecular formula is C60H60F4N10O4. The number of urea groups is 2. The normalized spacial score (nSPS) is 17.6. The molecule has 4 amide bonds. The van der Waals surface area contributed by atoms with Gasteiger partial charge in [-0.3, -0.25) is 20.4 Å². The topological polar surface area (TPSA) is 143 Å². The van der Waals surface area contributed by atoms with Gasteiger partial charge >= 0.3 is 12.1 Å². The minimum atomic E-state index is -1.56. The Morgan fingerprint density at radius 1 is 0.551 bits per heavy atom. The van der Waals surface area contributed by atoms with Gasteiger partial charge in [0.1, 0.15) is 17.5 Å². The lowest BCUT2D eigenvalue weighted by molar-refractivity contribution is 0.159. The molecule has 0 bridgehead atoms. The van der Waals surface area contributed by atoms with Gasteiger partial charge in [0, 0.05) is 87.6 Å². The molecule has 402 valence electrons. The van der Waals surface area contributed by atoms with Crippen molar-refractivity contribution in [3.8, 4) is 45.0 Å². The molecule has 4 N–H and O–H groups in total. The predicted molar refractivity (Wildman–Crippen MR) is 293 cm³/mol. The summed E-state index contributed by atoms with van der Waals surface area (Å²) in [5.74, 6) is -4.57. The number of halogens is 4. The van der Waals surface area contributed by atoms with Gasteiger partial charge in [-0.25, -0.2) is 36.5 Å². The minimum absolute atomic E-state index is 0.218. The van der Waals surface area contributed by atoms with Crippen LogP contribution in [0.3, 0.4) is 0 Å². The largest absolute Gasteiger partial charge is 0.383 e. The van der Waals surface area contributed by atoms with Crippen LogP contribution in [-0.4, -0.2) is 120 Å². The van der Waals surface area contributed by atoms with E-state index in [4.69, 9.17) is 19.7 Å². The van der Waals surface area contributed by atoms with Crippen molar-refractivity contribution in [2.45, 2.75) is 37.8 Å². The standard InChI is InChI=1S/C60H60F4N10O4/c1-37-55(39-15-8-5-9-16-39)69-73(44-19-10-6-11-20-44)57(37)67-60(76)66-53-36-72(26-28-78-4)34-49(53)46-24-23-43(61)32-47(46)40-17-14-18-41(29-40)56-38(2)58(74(70-56)45-21-12-7-13-22-45)68-59(75)65-52-35-71(25-27-77-3)33-48(52)42-30-50(62)54(64)51(63)31-42/h5-24,29-32,48-49,52-53H,25-28,33-36H2,1-4H3,(H2,65,68,75)(H2,66,67,76). The summed E-state index contributed by atoms with van der Waals surface area (Å²) in [5.41, 5.74) is 8.12. The van der Waals surface area contributed by atoms with Gasteiger partial charge in [0.15, 0.2) is 17.5 Å². The lowest BCUT2D eigenvalue weighted by Gasteiger charge is -2.23. The number of nitrogens with one attached hydrogen (secondary N) is 4. The van der Waals surface area contributed by atoms with E-state index in [1.54, 1.807) is 29.6 Å². The molecule has 2 saturated heterocycles. The Bertz CT molecular complexity index is 3390. The monoisotopic (exact) mass is 1060 g/mol. The van der Waals surface area contributed by atoms with Gasteiger partial charge in [-0.15, -0.1) is 0 Å². The first-order valence-electron chi connectivity index (χ1n) is 25.8. The quantitative estimate of drug-likeness (QED) is 0.0522. The van der Waals surface area contributed by atoms with Gasteiger partial charge in [0.05, 0.1) is 48.1 Å². The Kier molecular flexibility index (Phi) is 16.1. The third-order valence-corrected chi connectivity index (χ3v) is 14.7. The van der Waals surface area contributed by atoms with Gasteiger partial charge in [-0.2, -0.15) is 10.2 Å². The van der Waals surface area contributed by atoms with Crippen LogP contribution >= 0.6 is 0 Å². The first-order valence-corrected chi connectivity index (χ1v) is 25.8. The second kappa shape index (κ2) is 23.6. The average molecular weight is 1060 g/mol. The lowest BCUT2D eigenvalue weighted by atomic mass is 9.87. The number of likely N-dealkylation sites (tertiary alicyclic amines) is 2. The van der Waals surface area contributed by atoms with Crippen LogP contribution in [0, 0.1) is 37.1 Å². The Morgan fingerprint density at radius 3 is 1.56 bits per heavy atom. The Labute approximate surface area is 450 Å². The number of rotatable bonds is 17. The van der Waals surface area contributed by atoms with Crippen LogP contribution in [0.25, 0.3) is 45.0 Å². The number of carbonyl (C=O) groups is 2. The van der Waals surface area contributed by atoms with Crippen LogP contribution in [0.15, 0.2) is 146 Å². The van der Waals surface area contributed by atoms with Gasteiger partial charge in [-0.1, -0.05) is 91.0 Å². The first kappa shape index (κ1) is 53.2. The number of amides is 4. The number of para-hydroxylation sites is 2. The zero-order valence-electron chi connectivity index (χ0n) is 43.7. The molecule has 0 aliphatic carbocycles. The number of methoxy groups -OCH3 is 2. The van der Waals surface area contributed by atoms with Crippen molar-refractivity contribution in [3.05, 3.63) is 191 Å². The first-order chi connectivity index (χ1) is 37.9. The molecule has 2 aliphatic rings. The number of ether oxygens (including phenoxy) is 2. The lowest BCUT2D eigenvalue weighted by Crippen LogP contribution is -2.42. The number of hydrogen-bond donors (Lipinski definition) is 4. The predicted octanol–water partition coefficient (Wildman–Crippen LogP) is 10.7. The van der Waals surface area contributed by atoms with E-state index >= 15 is 4.39 Å². The molecule has 14 nitrogen and oxygen atoms in total. The summed E-state index contributed by atoms with van der Waals surface area (Å²) in [6.07, 6.45) is 0. The fraction of sp³-hybridized carbons (Fsp3) is 0.267. The van der Waals surface area contributed by atoms with Gasteiger partial charge in [0.2, 0.25) is 0 Å². The highest BCUT2D eigenvalue weighted by Gasteiger charge is 2.38. The number of hydrogen-bond acceptors (Lipinski definition) is 8.